The summed E-state index contributed by atoms with van der Waals surface area (Å²) >= 11 is 0. The molecule has 2 rings (SSSR count). The third kappa shape index (κ3) is 4.80. The molecular weight excluding hydrogens is 300 g/mol. The Bertz CT molecular complexity index is 601. The van der Waals surface area contributed by atoms with E-state index in [1.54, 1.807) is 6.08 Å². The lowest BCUT2D eigenvalue weighted by Crippen LogP contribution is -2.36. The molecule has 0 aromatic heterocycles. The van der Waals surface area contributed by atoms with Crippen molar-refractivity contribution in [2.45, 2.75) is 53.1 Å². The van der Waals surface area contributed by atoms with Crippen LogP contribution in [-0.2, 0) is 14.3 Å². The number of esters is 1. The number of rotatable bonds is 5. The van der Waals surface area contributed by atoms with Crippen molar-refractivity contribution in [3.05, 3.63) is 41.5 Å². The van der Waals surface area contributed by atoms with Crippen molar-refractivity contribution in [2.24, 2.45) is 17.8 Å². The van der Waals surface area contributed by atoms with Gasteiger partial charge in [-0.1, -0.05) is 57.5 Å². The third-order valence-corrected chi connectivity index (χ3v) is 4.93. The molecule has 1 aliphatic carbocycles. The molecule has 0 aliphatic heterocycles. The van der Waals surface area contributed by atoms with Gasteiger partial charge in [0.25, 0.3) is 0 Å². The Morgan fingerprint density at radius 3 is 2.42 bits per heavy atom. The summed E-state index contributed by atoms with van der Waals surface area (Å²) in [6.45, 7) is 7.96. The Labute approximate surface area is 145 Å². The second kappa shape index (κ2) is 8.27. The number of benzene rings is 1. The molecule has 0 unspecified atom stereocenters. The number of carbonyl (C=O) groups is 2. The quantitative estimate of drug-likeness (QED) is 0.342. The monoisotopic (exact) mass is 328 g/mol. The van der Waals surface area contributed by atoms with Crippen LogP contribution in [0.2, 0.25) is 0 Å². The van der Waals surface area contributed by atoms with Crippen LogP contribution in [0.25, 0.3) is 6.08 Å². The SMILES string of the molecule is CC(=O)/C(=C\c1ccccc1)C(=O)O[C@@H]1C[C@H](C)CC[C@H]1C(C)C. The van der Waals surface area contributed by atoms with Gasteiger partial charge in [-0.25, -0.2) is 4.79 Å². The first kappa shape index (κ1) is 18.4. The highest BCUT2D eigenvalue weighted by Gasteiger charge is 2.34. The second-order valence-corrected chi connectivity index (χ2v) is 7.29. The molecule has 3 nitrogen and oxygen atoms in total. The molecule has 130 valence electrons. The zero-order valence-electron chi connectivity index (χ0n) is 15.1. The van der Waals surface area contributed by atoms with Crippen LogP contribution in [-0.4, -0.2) is 17.9 Å². The van der Waals surface area contributed by atoms with Gasteiger partial charge in [-0.2, -0.15) is 0 Å². The molecule has 0 bridgehead atoms. The predicted molar refractivity (Wildman–Crippen MR) is 96.3 cm³/mol. The van der Waals surface area contributed by atoms with E-state index >= 15 is 0 Å². The van der Waals surface area contributed by atoms with Crippen LogP contribution in [0, 0.1) is 17.8 Å². The van der Waals surface area contributed by atoms with Gasteiger partial charge in [0.15, 0.2) is 5.78 Å². The number of ether oxygens (including phenoxy) is 1. The maximum Gasteiger partial charge on any atom is 0.342 e. The summed E-state index contributed by atoms with van der Waals surface area (Å²) in [5.74, 6) is 0.644. The highest BCUT2D eigenvalue weighted by molar-refractivity contribution is 6.19. The highest BCUT2D eigenvalue weighted by Crippen LogP contribution is 2.35. The predicted octanol–water partition coefficient (Wildman–Crippen LogP) is 4.66. The summed E-state index contributed by atoms with van der Waals surface area (Å²) in [5.41, 5.74) is 0.957. The molecule has 1 saturated carbocycles. The van der Waals surface area contributed by atoms with Crippen molar-refractivity contribution in [2.75, 3.05) is 0 Å². The molecule has 24 heavy (non-hydrogen) atoms. The van der Waals surface area contributed by atoms with E-state index in [-0.39, 0.29) is 17.5 Å². The molecule has 1 aliphatic rings. The maximum atomic E-state index is 12.6. The molecule has 0 heterocycles. The minimum Gasteiger partial charge on any atom is -0.458 e. The Balaban J connectivity index is 2.18. The molecular formula is C21H28O3. The van der Waals surface area contributed by atoms with E-state index < -0.39 is 5.97 Å². The molecule has 1 aromatic carbocycles. The summed E-state index contributed by atoms with van der Waals surface area (Å²) in [7, 11) is 0. The van der Waals surface area contributed by atoms with Crippen LogP contribution >= 0.6 is 0 Å². The average Bonchev–Trinajstić information content (AvgIpc) is 2.53. The van der Waals surface area contributed by atoms with Crippen LogP contribution < -0.4 is 0 Å². The van der Waals surface area contributed by atoms with Crippen molar-refractivity contribution in [3.8, 4) is 0 Å². The molecule has 0 saturated heterocycles. The molecule has 1 aromatic rings. The van der Waals surface area contributed by atoms with Crippen LogP contribution in [0.5, 0.6) is 0 Å². The van der Waals surface area contributed by atoms with Crippen molar-refractivity contribution >= 4 is 17.8 Å². The fraction of sp³-hybridized carbons (Fsp3) is 0.524. The Morgan fingerprint density at radius 2 is 1.83 bits per heavy atom. The van der Waals surface area contributed by atoms with E-state index in [1.165, 1.54) is 13.3 Å². The van der Waals surface area contributed by atoms with Crippen LogP contribution in [0.15, 0.2) is 35.9 Å². The van der Waals surface area contributed by atoms with Gasteiger partial charge in [0, 0.05) is 0 Å². The molecule has 0 radical (unpaired) electrons. The zero-order chi connectivity index (χ0) is 17.7. The fourth-order valence-corrected chi connectivity index (χ4v) is 3.47. The van der Waals surface area contributed by atoms with Gasteiger partial charge in [0.05, 0.1) is 0 Å². The van der Waals surface area contributed by atoms with E-state index in [0.717, 1.165) is 18.4 Å². The van der Waals surface area contributed by atoms with E-state index in [1.807, 2.05) is 30.3 Å². The van der Waals surface area contributed by atoms with Crippen LogP contribution in [0.1, 0.15) is 52.5 Å². The normalized spacial score (nSPS) is 24.7. The first-order chi connectivity index (χ1) is 11.4. The molecule has 0 amide bonds. The standard InChI is InChI=1S/C21H28O3/c1-14(2)18-11-10-15(3)12-20(18)24-21(23)19(16(4)22)13-17-8-6-5-7-9-17/h5-9,13-15,18,20H,10-12H2,1-4H3/b19-13+/t15-,18+,20-/m1/s1. The number of ketones is 1. The lowest BCUT2D eigenvalue weighted by molar-refractivity contribution is -0.151. The minimum absolute atomic E-state index is 0.0974. The zero-order valence-corrected chi connectivity index (χ0v) is 15.1. The summed E-state index contributed by atoms with van der Waals surface area (Å²) in [6, 6.07) is 9.41. The lowest BCUT2D eigenvalue weighted by atomic mass is 9.75. The van der Waals surface area contributed by atoms with Gasteiger partial charge in [0.1, 0.15) is 11.7 Å². The van der Waals surface area contributed by atoms with Crippen molar-refractivity contribution < 1.29 is 14.3 Å². The largest absolute Gasteiger partial charge is 0.458 e. The van der Waals surface area contributed by atoms with E-state index in [0.29, 0.717) is 17.8 Å². The van der Waals surface area contributed by atoms with Gasteiger partial charge in [-0.05, 0) is 49.2 Å². The molecule has 0 N–H and O–H groups in total. The summed E-state index contributed by atoms with van der Waals surface area (Å²) in [6.07, 6.45) is 4.66. The van der Waals surface area contributed by atoms with Gasteiger partial charge in [-0.15, -0.1) is 0 Å². The first-order valence-corrected chi connectivity index (χ1v) is 8.87. The fourth-order valence-electron chi connectivity index (χ4n) is 3.47. The minimum atomic E-state index is -0.490. The van der Waals surface area contributed by atoms with E-state index in [9.17, 15) is 9.59 Å². The first-order valence-electron chi connectivity index (χ1n) is 8.87. The topological polar surface area (TPSA) is 43.4 Å². The number of Topliss-reactive ketones (excluding diaryl/α,β-unsaturated/α-hetero) is 1. The van der Waals surface area contributed by atoms with Gasteiger partial charge < -0.3 is 4.74 Å². The number of hydrogen-bond acceptors (Lipinski definition) is 3. The third-order valence-electron chi connectivity index (χ3n) is 4.93. The number of hydrogen-bond donors (Lipinski definition) is 0. The van der Waals surface area contributed by atoms with Crippen molar-refractivity contribution in [3.63, 3.8) is 0 Å². The maximum absolute atomic E-state index is 12.6. The van der Waals surface area contributed by atoms with Gasteiger partial charge >= 0.3 is 5.97 Å². The van der Waals surface area contributed by atoms with Crippen molar-refractivity contribution in [1.82, 2.24) is 0 Å². The summed E-state index contributed by atoms with van der Waals surface area (Å²) < 4.78 is 5.80. The van der Waals surface area contributed by atoms with E-state index in [4.69, 9.17) is 4.74 Å². The molecule has 3 atom stereocenters. The smallest absolute Gasteiger partial charge is 0.342 e. The number of carbonyl (C=O) groups excluding carboxylic acids is 2. The van der Waals surface area contributed by atoms with Gasteiger partial charge in [-0.3, -0.25) is 4.79 Å². The molecule has 3 heteroatoms. The Hall–Kier alpha value is -1.90. The van der Waals surface area contributed by atoms with Crippen molar-refractivity contribution in [1.29, 1.82) is 0 Å². The average molecular weight is 328 g/mol. The second-order valence-electron chi connectivity index (χ2n) is 7.29. The summed E-state index contributed by atoms with van der Waals surface area (Å²) in [4.78, 5) is 24.6. The summed E-state index contributed by atoms with van der Waals surface area (Å²) in [5, 5.41) is 0. The van der Waals surface area contributed by atoms with Gasteiger partial charge in [0.2, 0.25) is 0 Å². The Morgan fingerprint density at radius 1 is 1.17 bits per heavy atom. The molecule has 1 fully saturated rings. The van der Waals surface area contributed by atoms with E-state index in [2.05, 4.69) is 20.8 Å². The van der Waals surface area contributed by atoms with Crippen LogP contribution in [0.4, 0.5) is 0 Å². The molecule has 0 spiro atoms. The van der Waals surface area contributed by atoms with Crippen LogP contribution in [0.3, 0.4) is 0 Å². The highest BCUT2D eigenvalue weighted by atomic mass is 16.5. The lowest BCUT2D eigenvalue weighted by Gasteiger charge is -2.36. The Kier molecular flexibility index (Phi) is 6.36.